The number of ether oxygens (including phenoxy) is 1. The Morgan fingerprint density at radius 3 is 2.86 bits per heavy atom. The Kier molecular flexibility index (Phi) is 6.29. The highest BCUT2D eigenvalue weighted by Gasteiger charge is 2.17. The van der Waals surface area contributed by atoms with Crippen LogP contribution in [0.2, 0.25) is 0 Å². The van der Waals surface area contributed by atoms with Crippen LogP contribution in [0.4, 0.5) is 4.79 Å². The van der Waals surface area contributed by atoms with Crippen molar-refractivity contribution >= 4 is 6.03 Å². The third-order valence-corrected chi connectivity index (χ3v) is 3.86. The molecule has 1 saturated heterocycles. The summed E-state index contributed by atoms with van der Waals surface area (Å²) in [7, 11) is 0. The molecule has 1 aliphatic rings. The molecule has 0 aliphatic carbocycles. The zero-order chi connectivity index (χ0) is 15.8. The van der Waals surface area contributed by atoms with Crippen molar-refractivity contribution in [2.75, 3.05) is 26.3 Å². The number of nitrogens with one attached hydrogen (secondary N) is 1. The summed E-state index contributed by atoms with van der Waals surface area (Å²) in [4.78, 5) is 14.0. The highest BCUT2D eigenvalue weighted by molar-refractivity contribution is 5.74. The van der Waals surface area contributed by atoms with E-state index < -0.39 is 0 Å². The number of carbonyl (C=O) groups excluding carboxylic acids is 1. The van der Waals surface area contributed by atoms with Gasteiger partial charge in [0.2, 0.25) is 0 Å². The molecule has 1 atom stereocenters. The van der Waals surface area contributed by atoms with E-state index in [1.807, 2.05) is 31.2 Å². The van der Waals surface area contributed by atoms with Gasteiger partial charge in [0.25, 0.3) is 0 Å². The van der Waals surface area contributed by atoms with Crippen molar-refractivity contribution in [2.45, 2.75) is 26.3 Å². The lowest BCUT2D eigenvalue weighted by Gasteiger charge is -2.25. The summed E-state index contributed by atoms with van der Waals surface area (Å²) < 4.78 is 5.43. The number of amides is 2. The molecule has 2 rings (SSSR count). The Morgan fingerprint density at radius 2 is 2.23 bits per heavy atom. The average Bonchev–Trinajstić information content (AvgIpc) is 2.55. The monoisotopic (exact) mass is 300 g/mol. The Hall–Kier alpha value is -1.99. The van der Waals surface area contributed by atoms with Crippen LogP contribution in [0.1, 0.15) is 24.0 Å². The molecular formula is C18H24N2O2. The third-order valence-electron chi connectivity index (χ3n) is 3.86. The Bertz CT molecular complexity index is 513. The maximum Gasteiger partial charge on any atom is 0.318 e. The predicted molar refractivity (Wildman–Crippen MR) is 87.4 cm³/mol. The van der Waals surface area contributed by atoms with Crippen molar-refractivity contribution < 1.29 is 9.53 Å². The van der Waals surface area contributed by atoms with Gasteiger partial charge in [0.1, 0.15) is 0 Å². The molecule has 4 heteroatoms. The quantitative estimate of drug-likeness (QED) is 0.849. The second kappa shape index (κ2) is 8.45. The molecule has 1 fully saturated rings. The number of nitrogens with zero attached hydrogens (tertiary/aromatic N) is 1. The number of hydrogen-bond acceptors (Lipinski definition) is 2. The van der Waals surface area contributed by atoms with E-state index in [-0.39, 0.29) is 6.03 Å². The van der Waals surface area contributed by atoms with Gasteiger partial charge in [-0.1, -0.05) is 35.7 Å². The summed E-state index contributed by atoms with van der Waals surface area (Å²) in [5, 5.41) is 2.98. The minimum absolute atomic E-state index is 0.107. The van der Waals surface area contributed by atoms with E-state index in [0.717, 1.165) is 31.6 Å². The van der Waals surface area contributed by atoms with Gasteiger partial charge >= 0.3 is 6.03 Å². The van der Waals surface area contributed by atoms with Gasteiger partial charge < -0.3 is 15.0 Å². The number of carbonyl (C=O) groups is 1. The first-order valence-electron chi connectivity index (χ1n) is 7.78. The van der Waals surface area contributed by atoms with Gasteiger partial charge in [-0.2, -0.15) is 0 Å². The van der Waals surface area contributed by atoms with E-state index in [2.05, 4.69) is 11.2 Å². The van der Waals surface area contributed by atoms with Gasteiger partial charge in [0.15, 0.2) is 0 Å². The first kappa shape index (κ1) is 16.4. The van der Waals surface area contributed by atoms with E-state index in [1.165, 1.54) is 5.56 Å². The molecule has 0 saturated carbocycles. The lowest BCUT2D eigenvalue weighted by molar-refractivity contribution is 0.0552. The topological polar surface area (TPSA) is 41.6 Å². The smallest absolute Gasteiger partial charge is 0.318 e. The molecule has 0 aromatic heterocycles. The van der Waals surface area contributed by atoms with Gasteiger partial charge in [-0.05, 0) is 31.2 Å². The van der Waals surface area contributed by atoms with E-state index in [0.29, 0.717) is 25.6 Å². The van der Waals surface area contributed by atoms with Gasteiger partial charge in [-0.15, -0.1) is 6.42 Å². The van der Waals surface area contributed by atoms with Crippen molar-refractivity contribution in [3.05, 3.63) is 35.4 Å². The summed E-state index contributed by atoms with van der Waals surface area (Å²) in [5.74, 6) is 2.97. The molecule has 118 valence electrons. The Labute approximate surface area is 132 Å². The molecule has 1 heterocycles. The van der Waals surface area contributed by atoms with Crippen LogP contribution in [0.5, 0.6) is 0 Å². The molecular weight excluding hydrogens is 276 g/mol. The summed E-state index contributed by atoms with van der Waals surface area (Å²) in [6.45, 7) is 5.09. The van der Waals surface area contributed by atoms with Crippen molar-refractivity contribution in [1.29, 1.82) is 0 Å². The molecule has 22 heavy (non-hydrogen) atoms. The summed E-state index contributed by atoms with van der Waals surface area (Å²) in [6, 6.07) is 8.04. The number of benzene rings is 1. The molecule has 0 spiro atoms. The second-order valence-electron chi connectivity index (χ2n) is 5.82. The van der Waals surface area contributed by atoms with E-state index >= 15 is 0 Å². The molecule has 0 bridgehead atoms. The second-order valence-corrected chi connectivity index (χ2v) is 5.82. The van der Waals surface area contributed by atoms with Crippen LogP contribution in [0.15, 0.2) is 24.3 Å². The Balaban J connectivity index is 1.87. The van der Waals surface area contributed by atoms with Crippen molar-refractivity contribution in [2.24, 2.45) is 5.92 Å². The maximum atomic E-state index is 12.3. The highest BCUT2D eigenvalue weighted by Crippen LogP contribution is 2.12. The van der Waals surface area contributed by atoms with E-state index in [9.17, 15) is 4.79 Å². The lowest BCUT2D eigenvalue weighted by Crippen LogP contribution is -2.42. The number of urea groups is 1. The minimum atomic E-state index is -0.107. The van der Waals surface area contributed by atoms with Crippen LogP contribution in [0.3, 0.4) is 0 Å². The fourth-order valence-corrected chi connectivity index (χ4v) is 2.54. The first-order valence-corrected chi connectivity index (χ1v) is 7.78. The van der Waals surface area contributed by atoms with Crippen molar-refractivity contribution in [3.63, 3.8) is 0 Å². The fraction of sp³-hybridized carbons (Fsp3) is 0.500. The van der Waals surface area contributed by atoms with Gasteiger partial charge in [0.05, 0.1) is 13.2 Å². The molecule has 1 aromatic carbocycles. The van der Waals surface area contributed by atoms with Gasteiger partial charge in [-0.3, -0.25) is 0 Å². The SMILES string of the molecule is C#CCN(Cc1ccc(C)cc1)C(=O)NCC1CCCOC1. The summed E-state index contributed by atoms with van der Waals surface area (Å²) in [6.07, 6.45) is 7.56. The largest absolute Gasteiger partial charge is 0.381 e. The molecule has 0 radical (unpaired) electrons. The number of hydrogen-bond donors (Lipinski definition) is 1. The number of rotatable bonds is 5. The molecule has 1 aromatic rings. The summed E-state index contributed by atoms with van der Waals surface area (Å²) in [5.41, 5.74) is 2.28. The zero-order valence-corrected chi connectivity index (χ0v) is 13.2. The number of aryl methyl sites for hydroxylation is 1. The van der Waals surface area contributed by atoms with Gasteiger partial charge in [-0.25, -0.2) is 4.79 Å². The molecule has 2 amide bonds. The maximum absolute atomic E-state index is 12.3. The molecule has 1 N–H and O–H groups in total. The number of terminal acetylenes is 1. The van der Waals surface area contributed by atoms with Crippen LogP contribution in [-0.4, -0.2) is 37.2 Å². The van der Waals surface area contributed by atoms with Crippen molar-refractivity contribution in [3.8, 4) is 12.3 Å². The van der Waals surface area contributed by atoms with E-state index in [1.54, 1.807) is 4.90 Å². The third kappa shape index (κ3) is 5.09. The van der Waals surface area contributed by atoms with Crippen LogP contribution in [0, 0.1) is 25.2 Å². The van der Waals surface area contributed by atoms with Gasteiger partial charge in [0, 0.05) is 19.7 Å². The highest BCUT2D eigenvalue weighted by atomic mass is 16.5. The summed E-state index contributed by atoms with van der Waals surface area (Å²) >= 11 is 0. The first-order chi connectivity index (χ1) is 10.7. The van der Waals surface area contributed by atoms with E-state index in [4.69, 9.17) is 11.2 Å². The van der Waals surface area contributed by atoms with Crippen LogP contribution < -0.4 is 5.32 Å². The standard InChI is InChI=1S/C18H24N2O2/c1-3-10-20(13-16-8-6-15(2)7-9-16)18(21)19-12-17-5-4-11-22-14-17/h1,6-9,17H,4-5,10-14H2,2H3,(H,19,21). The zero-order valence-electron chi connectivity index (χ0n) is 13.2. The minimum Gasteiger partial charge on any atom is -0.381 e. The molecule has 1 aliphatic heterocycles. The predicted octanol–water partition coefficient (Wildman–Crippen LogP) is 2.57. The van der Waals surface area contributed by atoms with Crippen LogP contribution in [0.25, 0.3) is 0 Å². The average molecular weight is 300 g/mol. The van der Waals surface area contributed by atoms with Crippen molar-refractivity contribution in [1.82, 2.24) is 10.2 Å². The Morgan fingerprint density at radius 1 is 1.45 bits per heavy atom. The van der Waals surface area contributed by atoms with Crippen LogP contribution >= 0.6 is 0 Å². The normalized spacial score (nSPS) is 17.5. The van der Waals surface area contributed by atoms with Crippen LogP contribution in [-0.2, 0) is 11.3 Å². The lowest BCUT2D eigenvalue weighted by atomic mass is 10.0. The fourth-order valence-electron chi connectivity index (χ4n) is 2.54. The molecule has 1 unspecified atom stereocenters. The molecule has 4 nitrogen and oxygen atoms in total.